The number of hydrogen-bond donors (Lipinski definition) is 0. The predicted octanol–water partition coefficient (Wildman–Crippen LogP) is 3.50. The van der Waals surface area contributed by atoms with Crippen LogP contribution in [0.25, 0.3) is 0 Å². The van der Waals surface area contributed by atoms with E-state index in [-0.39, 0.29) is 30.2 Å². The Bertz CT molecular complexity index is 446. The maximum Gasteiger partial charge on any atom is 0.305 e. The Morgan fingerprint density at radius 3 is 2.61 bits per heavy atom. The Labute approximate surface area is 113 Å². The normalized spacial score (nSPS) is 10.2. The van der Waals surface area contributed by atoms with Crippen molar-refractivity contribution in [1.29, 1.82) is 0 Å². The second-order valence-corrected chi connectivity index (χ2v) is 4.75. The van der Waals surface area contributed by atoms with Gasteiger partial charge in [-0.3, -0.25) is 9.59 Å². The molecule has 0 atom stereocenters. The zero-order chi connectivity index (χ0) is 13.5. The number of rotatable bonds is 6. The van der Waals surface area contributed by atoms with Crippen molar-refractivity contribution in [2.75, 3.05) is 7.11 Å². The number of hydrogen-bond acceptors (Lipinski definition) is 3. The standard InChI is InChI=1S/C13H14BrFO3/c1-18-13(17)5-3-2-4-12(16)10-8-9(14)6-7-11(10)15/h6-8H,2-5H2,1H3. The van der Waals surface area contributed by atoms with Crippen LogP contribution < -0.4 is 0 Å². The van der Waals surface area contributed by atoms with Gasteiger partial charge in [0.05, 0.1) is 12.7 Å². The number of carbonyl (C=O) groups is 2. The minimum absolute atomic E-state index is 0.0856. The van der Waals surface area contributed by atoms with E-state index in [1.165, 1.54) is 19.2 Å². The Balaban J connectivity index is 2.46. The van der Waals surface area contributed by atoms with Gasteiger partial charge in [-0.15, -0.1) is 0 Å². The molecule has 0 saturated heterocycles. The summed E-state index contributed by atoms with van der Waals surface area (Å²) in [6, 6.07) is 4.27. The molecule has 0 aromatic heterocycles. The molecule has 0 amide bonds. The van der Waals surface area contributed by atoms with Crippen LogP contribution in [0.1, 0.15) is 36.0 Å². The number of esters is 1. The van der Waals surface area contributed by atoms with Crippen molar-refractivity contribution >= 4 is 27.7 Å². The van der Waals surface area contributed by atoms with Gasteiger partial charge in [-0.1, -0.05) is 15.9 Å². The van der Waals surface area contributed by atoms with E-state index in [1.54, 1.807) is 6.07 Å². The molecule has 0 saturated carbocycles. The number of halogens is 2. The van der Waals surface area contributed by atoms with Crippen LogP contribution in [-0.4, -0.2) is 18.9 Å². The van der Waals surface area contributed by atoms with E-state index in [0.717, 1.165) is 0 Å². The highest BCUT2D eigenvalue weighted by Gasteiger charge is 2.12. The molecule has 98 valence electrons. The van der Waals surface area contributed by atoms with Crippen LogP contribution in [-0.2, 0) is 9.53 Å². The zero-order valence-electron chi connectivity index (χ0n) is 10.0. The first-order valence-electron chi connectivity index (χ1n) is 5.59. The van der Waals surface area contributed by atoms with E-state index in [1.807, 2.05) is 0 Å². The number of ketones is 1. The van der Waals surface area contributed by atoms with Crippen LogP contribution in [0, 0.1) is 5.82 Å². The Morgan fingerprint density at radius 2 is 1.94 bits per heavy atom. The Kier molecular flexibility index (Phi) is 5.98. The smallest absolute Gasteiger partial charge is 0.305 e. The highest BCUT2D eigenvalue weighted by Crippen LogP contribution is 2.18. The number of benzene rings is 1. The van der Waals surface area contributed by atoms with E-state index in [9.17, 15) is 14.0 Å². The van der Waals surface area contributed by atoms with Gasteiger partial charge in [0.15, 0.2) is 5.78 Å². The van der Waals surface area contributed by atoms with Crippen LogP contribution in [0.3, 0.4) is 0 Å². The van der Waals surface area contributed by atoms with Gasteiger partial charge in [-0.25, -0.2) is 4.39 Å². The van der Waals surface area contributed by atoms with Gasteiger partial charge in [0.25, 0.3) is 0 Å². The summed E-state index contributed by atoms with van der Waals surface area (Å²) in [5.74, 6) is -1.06. The summed E-state index contributed by atoms with van der Waals surface area (Å²) >= 11 is 3.19. The lowest BCUT2D eigenvalue weighted by molar-refractivity contribution is -0.140. The molecular weight excluding hydrogens is 303 g/mol. The molecule has 0 fully saturated rings. The summed E-state index contributed by atoms with van der Waals surface area (Å²) in [5, 5.41) is 0. The van der Waals surface area contributed by atoms with Crippen LogP contribution in [0.2, 0.25) is 0 Å². The number of ether oxygens (including phenoxy) is 1. The summed E-state index contributed by atoms with van der Waals surface area (Å²) < 4.78 is 18.6. The van der Waals surface area contributed by atoms with Crippen molar-refractivity contribution in [3.05, 3.63) is 34.1 Å². The molecule has 0 aliphatic rings. The van der Waals surface area contributed by atoms with E-state index < -0.39 is 5.82 Å². The lowest BCUT2D eigenvalue weighted by Crippen LogP contribution is -2.04. The molecule has 0 spiro atoms. The van der Waals surface area contributed by atoms with Gasteiger partial charge >= 0.3 is 5.97 Å². The molecule has 0 aliphatic heterocycles. The van der Waals surface area contributed by atoms with Crippen molar-refractivity contribution in [2.45, 2.75) is 25.7 Å². The molecule has 0 heterocycles. The monoisotopic (exact) mass is 316 g/mol. The lowest BCUT2D eigenvalue weighted by Gasteiger charge is -2.03. The molecule has 5 heteroatoms. The van der Waals surface area contributed by atoms with E-state index in [2.05, 4.69) is 20.7 Å². The quantitative estimate of drug-likeness (QED) is 0.458. The van der Waals surface area contributed by atoms with Gasteiger partial charge in [0.2, 0.25) is 0 Å². The average Bonchev–Trinajstić information content (AvgIpc) is 2.36. The minimum Gasteiger partial charge on any atom is -0.469 e. The van der Waals surface area contributed by atoms with E-state index in [0.29, 0.717) is 17.3 Å². The summed E-state index contributed by atoms with van der Waals surface area (Å²) in [6.45, 7) is 0. The molecule has 1 aromatic rings. The molecule has 18 heavy (non-hydrogen) atoms. The second-order valence-electron chi connectivity index (χ2n) is 3.83. The maximum absolute atomic E-state index is 13.4. The fraction of sp³-hybridized carbons (Fsp3) is 0.385. The molecule has 3 nitrogen and oxygen atoms in total. The fourth-order valence-electron chi connectivity index (χ4n) is 1.50. The third kappa shape index (κ3) is 4.56. The van der Waals surface area contributed by atoms with Crippen LogP contribution in [0.4, 0.5) is 4.39 Å². The fourth-order valence-corrected chi connectivity index (χ4v) is 1.86. The summed E-state index contributed by atoms with van der Waals surface area (Å²) in [6.07, 6.45) is 1.61. The molecule has 0 radical (unpaired) electrons. The van der Waals surface area contributed by atoms with Crippen LogP contribution >= 0.6 is 15.9 Å². The molecule has 0 aliphatic carbocycles. The first kappa shape index (κ1) is 14.8. The second kappa shape index (κ2) is 7.26. The van der Waals surface area contributed by atoms with Gasteiger partial charge in [0.1, 0.15) is 5.82 Å². The van der Waals surface area contributed by atoms with E-state index >= 15 is 0 Å². The van der Waals surface area contributed by atoms with Gasteiger partial charge in [-0.05, 0) is 31.0 Å². The van der Waals surface area contributed by atoms with Gasteiger partial charge in [0, 0.05) is 17.3 Å². The number of carbonyl (C=O) groups excluding carboxylic acids is 2. The maximum atomic E-state index is 13.4. The highest BCUT2D eigenvalue weighted by molar-refractivity contribution is 9.10. The van der Waals surface area contributed by atoms with Crippen molar-refractivity contribution < 1.29 is 18.7 Å². The van der Waals surface area contributed by atoms with Crippen molar-refractivity contribution in [1.82, 2.24) is 0 Å². The number of Topliss-reactive ketones (excluding diaryl/α,β-unsaturated/α-hetero) is 1. The molecule has 1 aromatic carbocycles. The Hall–Kier alpha value is -1.23. The summed E-state index contributed by atoms with van der Waals surface area (Å²) in [4.78, 5) is 22.6. The molecule has 0 bridgehead atoms. The third-order valence-corrected chi connectivity index (χ3v) is 2.98. The zero-order valence-corrected chi connectivity index (χ0v) is 11.6. The van der Waals surface area contributed by atoms with Crippen LogP contribution in [0.15, 0.2) is 22.7 Å². The minimum atomic E-state index is -0.517. The third-order valence-electron chi connectivity index (χ3n) is 2.49. The predicted molar refractivity (Wildman–Crippen MR) is 68.9 cm³/mol. The average molecular weight is 317 g/mol. The lowest BCUT2D eigenvalue weighted by atomic mass is 10.0. The van der Waals surface area contributed by atoms with Crippen molar-refractivity contribution in [3.63, 3.8) is 0 Å². The number of methoxy groups -OCH3 is 1. The molecule has 0 unspecified atom stereocenters. The molecule has 1 rings (SSSR count). The topological polar surface area (TPSA) is 43.4 Å². The first-order chi connectivity index (χ1) is 8.54. The highest BCUT2D eigenvalue weighted by atomic mass is 79.9. The first-order valence-corrected chi connectivity index (χ1v) is 6.39. The number of unbranched alkanes of at least 4 members (excludes halogenated alkanes) is 1. The largest absolute Gasteiger partial charge is 0.469 e. The summed E-state index contributed by atoms with van der Waals surface area (Å²) in [7, 11) is 1.32. The summed E-state index contributed by atoms with van der Waals surface area (Å²) in [5.41, 5.74) is 0.0856. The molecular formula is C13H14BrFO3. The SMILES string of the molecule is COC(=O)CCCCC(=O)c1cc(Br)ccc1F. The van der Waals surface area contributed by atoms with Gasteiger partial charge in [-0.2, -0.15) is 0 Å². The van der Waals surface area contributed by atoms with E-state index in [4.69, 9.17) is 0 Å². The Morgan fingerprint density at radius 1 is 1.28 bits per heavy atom. The van der Waals surface area contributed by atoms with Crippen LogP contribution in [0.5, 0.6) is 0 Å². The molecule has 0 N–H and O–H groups in total. The van der Waals surface area contributed by atoms with Crippen molar-refractivity contribution in [2.24, 2.45) is 0 Å². The van der Waals surface area contributed by atoms with Crippen molar-refractivity contribution in [3.8, 4) is 0 Å². The van der Waals surface area contributed by atoms with Gasteiger partial charge < -0.3 is 4.74 Å².